The van der Waals surface area contributed by atoms with E-state index in [1.165, 1.54) is 16.7 Å². The molecule has 0 aliphatic carbocycles. The molecular weight excluding hydrogens is 697 g/mol. The van der Waals surface area contributed by atoms with Crippen molar-refractivity contribution < 1.29 is 24.5 Å². The summed E-state index contributed by atoms with van der Waals surface area (Å²) in [5.41, 5.74) is 10.3. The SMILES string of the molecule is CC(C)C1=CCn2c(-c3[c-]cccc3)nc3cccc1c32.Cc1ccc2c(n1)oc1c(-c3ccccn3)[c-]ccc12.[Ir]. The number of imidazole rings is 1. The average Bonchev–Trinajstić information content (AvgIpc) is 3.57. The molecule has 0 atom stereocenters. The second-order valence-electron chi connectivity index (χ2n) is 10.5. The number of allylic oxidation sites excluding steroid dienone is 2. The number of hydrogen-bond acceptors (Lipinski definition) is 4. The van der Waals surface area contributed by atoms with Gasteiger partial charge in [0.05, 0.1) is 22.4 Å². The van der Waals surface area contributed by atoms with Gasteiger partial charge < -0.3 is 14.0 Å². The third-order valence-corrected chi connectivity index (χ3v) is 7.50. The Morgan fingerprint density at radius 3 is 2.52 bits per heavy atom. The molecule has 1 aliphatic rings. The van der Waals surface area contributed by atoms with Gasteiger partial charge in [0.15, 0.2) is 0 Å². The zero-order chi connectivity index (χ0) is 27.9. The average molecular weight is 725 g/mol. The number of para-hydroxylation sites is 1. The number of fused-ring (bicyclic) bond motifs is 3. The van der Waals surface area contributed by atoms with Crippen molar-refractivity contribution in [3.05, 3.63) is 121 Å². The molecule has 0 saturated carbocycles. The van der Waals surface area contributed by atoms with Crippen LogP contribution in [0.4, 0.5) is 0 Å². The zero-order valence-corrected chi connectivity index (χ0v) is 25.9. The van der Waals surface area contributed by atoms with Gasteiger partial charge >= 0.3 is 0 Å². The first-order valence-corrected chi connectivity index (χ1v) is 13.9. The molecule has 5 nitrogen and oxygen atoms in total. The molecule has 0 N–H and O–H groups in total. The molecular formula is C36H28IrN4O-2. The predicted octanol–water partition coefficient (Wildman–Crippen LogP) is 8.71. The Morgan fingerprint density at radius 2 is 1.74 bits per heavy atom. The fraction of sp³-hybridized carbons (Fsp3) is 0.139. The minimum atomic E-state index is 0. The summed E-state index contributed by atoms with van der Waals surface area (Å²) in [6.45, 7) is 7.35. The molecule has 42 heavy (non-hydrogen) atoms. The van der Waals surface area contributed by atoms with Crippen LogP contribution in [0.1, 0.15) is 25.1 Å². The van der Waals surface area contributed by atoms with Gasteiger partial charge in [-0.05, 0) is 48.4 Å². The fourth-order valence-electron chi connectivity index (χ4n) is 5.60. The number of rotatable bonds is 3. The predicted molar refractivity (Wildman–Crippen MR) is 165 cm³/mol. The number of benzene rings is 3. The van der Waals surface area contributed by atoms with E-state index < -0.39 is 0 Å². The van der Waals surface area contributed by atoms with Crippen molar-refractivity contribution in [3.63, 3.8) is 0 Å². The van der Waals surface area contributed by atoms with E-state index in [9.17, 15) is 0 Å². The van der Waals surface area contributed by atoms with Gasteiger partial charge in [-0.25, -0.2) is 4.98 Å². The van der Waals surface area contributed by atoms with Gasteiger partial charge in [-0.1, -0.05) is 55.1 Å². The Morgan fingerprint density at radius 1 is 0.857 bits per heavy atom. The molecule has 0 unspecified atom stereocenters. The largest absolute Gasteiger partial charge is 0.486 e. The van der Waals surface area contributed by atoms with Gasteiger partial charge in [-0.15, -0.1) is 54.1 Å². The minimum Gasteiger partial charge on any atom is -0.486 e. The number of aryl methyl sites for hydroxylation is 1. The van der Waals surface area contributed by atoms with Gasteiger partial charge in [0, 0.05) is 49.5 Å². The quantitative estimate of drug-likeness (QED) is 0.171. The monoisotopic (exact) mass is 725 g/mol. The van der Waals surface area contributed by atoms with E-state index in [0.29, 0.717) is 11.6 Å². The molecule has 8 rings (SSSR count). The van der Waals surface area contributed by atoms with Crippen LogP contribution in [0.3, 0.4) is 0 Å². The topological polar surface area (TPSA) is 56.7 Å². The van der Waals surface area contributed by atoms with E-state index in [2.05, 4.69) is 70.9 Å². The van der Waals surface area contributed by atoms with E-state index in [1.54, 1.807) is 6.20 Å². The van der Waals surface area contributed by atoms with Crippen molar-refractivity contribution in [2.45, 2.75) is 27.3 Å². The minimum absolute atomic E-state index is 0. The number of nitrogens with zero attached hydrogens (tertiary/aromatic N) is 4. The van der Waals surface area contributed by atoms with Crippen LogP contribution in [0, 0.1) is 25.0 Å². The molecule has 0 saturated heterocycles. The summed E-state index contributed by atoms with van der Waals surface area (Å²) in [6, 6.07) is 34.7. The van der Waals surface area contributed by atoms with Crippen molar-refractivity contribution in [1.82, 2.24) is 19.5 Å². The first kappa shape index (κ1) is 27.8. The normalized spacial score (nSPS) is 12.2. The Kier molecular flexibility index (Phi) is 7.59. The van der Waals surface area contributed by atoms with E-state index in [0.717, 1.165) is 56.8 Å². The first-order valence-electron chi connectivity index (χ1n) is 13.9. The Hall–Kier alpha value is -4.38. The molecule has 0 amide bonds. The van der Waals surface area contributed by atoms with Crippen LogP contribution in [0.2, 0.25) is 0 Å². The standard InChI is InChI=1S/C19H17N2.C17H11N2O.Ir/c1-13(2)15-11-12-21-18-16(15)9-6-10-17(18)20-19(21)14-7-4-3-5-8-14;1-11-8-9-13-12-5-4-6-14(15-7-2-3-10-18-15)16(12)20-17(13)19-11;/h3-7,9-11,13H,12H2,1-2H3;2-5,7-10H,1H3;/q2*-1;. The molecule has 3 aromatic carbocycles. The third-order valence-electron chi connectivity index (χ3n) is 7.50. The Bertz CT molecular complexity index is 2060. The van der Waals surface area contributed by atoms with Crippen LogP contribution in [0.25, 0.3) is 61.3 Å². The number of hydrogen-bond donors (Lipinski definition) is 0. The summed E-state index contributed by atoms with van der Waals surface area (Å²) >= 11 is 0. The summed E-state index contributed by atoms with van der Waals surface area (Å²) in [5, 5.41) is 2.07. The summed E-state index contributed by atoms with van der Waals surface area (Å²) < 4.78 is 8.24. The van der Waals surface area contributed by atoms with Gasteiger partial charge in [-0.2, -0.15) is 0 Å². The van der Waals surface area contributed by atoms with E-state index in [4.69, 9.17) is 9.40 Å². The third kappa shape index (κ3) is 4.87. The molecule has 0 spiro atoms. The van der Waals surface area contributed by atoms with Gasteiger partial charge in [0.2, 0.25) is 5.71 Å². The van der Waals surface area contributed by atoms with Crippen molar-refractivity contribution in [3.8, 4) is 22.6 Å². The van der Waals surface area contributed by atoms with Gasteiger partial charge in [-0.3, -0.25) is 4.98 Å². The Balaban J connectivity index is 0.000000147. The van der Waals surface area contributed by atoms with Crippen LogP contribution in [0.5, 0.6) is 0 Å². The Labute approximate surface area is 258 Å². The molecule has 0 bridgehead atoms. The molecule has 4 aromatic heterocycles. The number of aromatic nitrogens is 4. The van der Waals surface area contributed by atoms with Crippen molar-refractivity contribution in [2.24, 2.45) is 5.92 Å². The molecule has 209 valence electrons. The summed E-state index contributed by atoms with van der Waals surface area (Å²) in [5.74, 6) is 1.54. The van der Waals surface area contributed by atoms with Crippen LogP contribution in [0.15, 0.2) is 102 Å². The van der Waals surface area contributed by atoms with Crippen LogP contribution in [-0.2, 0) is 26.7 Å². The first-order chi connectivity index (χ1) is 20.1. The second-order valence-corrected chi connectivity index (χ2v) is 10.5. The molecule has 7 aromatic rings. The van der Waals surface area contributed by atoms with Gasteiger partial charge in [0.1, 0.15) is 0 Å². The summed E-state index contributed by atoms with van der Waals surface area (Å²) in [6.07, 6.45) is 4.10. The molecule has 1 radical (unpaired) electrons. The van der Waals surface area contributed by atoms with Crippen LogP contribution in [-0.4, -0.2) is 19.5 Å². The fourth-order valence-corrected chi connectivity index (χ4v) is 5.60. The van der Waals surface area contributed by atoms with Crippen LogP contribution >= 0.6 is 0 Å². The van der Waals surface area contributed by atoms with Crippen LogP contribution < -0.4 is 0 Å². The van der Waals surface area contributed by atoms with E-state index >= 15 is 0 Å². The van der Waals surface area contributed by atoms with Crippen molar-refractivity contribution >= 4 is 38.7 Å². The molecule has 1 aliphatic heterocycles. The summed E-state index contributed by atoms with van der Waals surface area (Å²) in [4.78, 5) is 13.7. The summed E-state index contributed by atoms with van der Waals surface area (Å²) in [7, 11) is 0. The maximum absolute atomic E-state index is 5.94. The molecule has 5 heterocycles. The smallest absolute Gasteiger partial charge is 0.216 e. The van der Waals surface area contributed by atoms with Crippen molar-refractivity contribution in [1.29, 1.82) is 0 Å². The number of pyridine rings is 2. The van der Waals surface area contributed by atoms with Crippen molar-refractivity contribution in [2.75, 3.05) is 0 Å². The van der Waals surface area contributed by atoms with Gasteiger partial charge in [0.25, 0.3) is 0 Å². The second kappa shape index (κ2) is 11.5. The van der Waals surface area contributed by atoms with E-state index in [-0.39, 0.29) is 20.1 Å². The maximum Gasteiger partial charge on any atom is 0.216 e. The molecule has 0 fully saturated rings. The molecule has 6 heteroatoms. The number of furan rings is 1. The maximum atomic E-state index is 5.94. The zero-order valence-electron chi connectivity index (χ0n) is 23.6. The van der Waals surface area contributed by atoms with E-state index in [1.807, 2.05) is 67.6 Å².